The summed E-state index contributed by atoms with van der Waals surface area (Å²) < 4.78 is 0. The van der Waals surface area contributed by atoms with Gasteiger partial charge < -0.3 is 15.2 Å². The van der Waals surface area contributed by atoms with E-state index in [2.05, 4.69) is 70.0 Å². The number of nitrogens with zero attached hydrogens (tertiary/aromatic N) is 2. The standard InChI is InChI=1S/C24H30N4O/c1-13-8-7-9-14(2)20(13)12-25-23-22-19(17(5)18(6)26-22)11-21(27-23)24(29)28-15(3)10-16(28)4/h7-9,11,15-16,26H,10,12H2,1-6H3,(H,25,27)/t15-,16-/m1/s1. The number of amides is 1. The lowest BCUT2D eigenvalue weighted by Gasteiger charge is -2.45. The summed E-state index contributed by atoms with van der Waals surface area (Å²) in [7, 11) is 0. The third kappa shape index (κ3) is 3.28. The first-order valence-corrected chi connectivity index (χ1v) is 10.4. The zero-order chi connectivity index (χ0) is 20.9. The summed E-state index contributed by atoms with van der Waals surface area (Å²) in [4.78, 5) is 23.3. The van der Waals surface area contributed by atoms with Crippen LogP contribution in [0.4, 0.5) is 5.82 Å². The fourth-order valence-corrected chi connectivity index (χ4v) is 4.54. The molecule has 3 heterocycles. The fourth-order valence-electron chi connectivity index (χ4n) is 4.54. The number of anilines is 1. The van der Waals surface area contributed by atoms with Crippen LogP contribution in [0.25, 0.3) is 10.9 Å². The monoisotopic (exact) mass is 390 g/mol. The quantitative estimate of drug-likeness (QED) is 0.657. The number of nitrogens with one attached hydrogen (secondary N) is 2. The SMILES string of the molecule is Cc1cccc(C)c1CNc1nc(C(=O)N2[C@H](C)C[C@H]2C)cc2c(C)c(C)[nH]c12. The topological polar surface area (TPSA) is 61.0 Å². The molecule has 0 saturated carbocycles. The number of aromatic nitrogens is 2. The molecule has 5 nitrogen and oxygen atoms in total. The van der Waals surface area contributed by atoms with E-state index in [-0.39, 0.29) is 18.0 Å². The molecule has 0 unspecified atom stereocenters. The largest absolute Gasteiger partial charge is 0.364 e. The summed E-state index contributed by atoms with van der Waals surface area (Å²) >= 11 is 0. The predicted molar refractivity (Wildman–Crippen MR) is 119 cm³/mol. The molecule has 29 heavy (non-hydrogen) atoms. The van der Waals surface area contributed by atoms with Crippen molar-refractivity contribution < 1.29 is 4.79 Å². The molecule has 0 aliphatic carbocycles. The Labute approximate surface area is 172 Å². The van der Waals surface area contributed by atoms with E-state index in [9.17, 15) is 4.79 Å². The molecule has 5 heteroatoms. The van der Waals surface area contributed by atoms with Crippen molar-refractivity contribution in [3.05, 3.63) is 57.9 Å². The molecular formula is C24H30N4O. The maximum Gasteiger partial charge on any atom is 0.273 e. The zero-order valence-electron chi connectivity index (χ0n) is 18.2. The van der Waals surface area contributed by atoms with E-state index in [1.165, 1.54) is 16.7 Å². The van der Waals surface area contributed by atoms with Crippen molar-refractivity contribution in [2.45, 2.75) is 66.6 Å². The molecule has 4 rings (SSSR count). The van der Waals surface area contributed by atoms with Crippen LogP contribution in [-0.2, 0) is 6.54 Å². The highest BCUT2D eigenvalue weighted by Gasteiger charge is 2.37. The number of pyridine rings is 1. The van der Waals surface area contributed by atoms with Gasteiger partial charge >= 0.3 is 0 Å². The van der Waals surface area contributed by atoms with Gasteiger partial charge in [-0.1, -0.05) is 18.2 Å². The van der Waals surface area contributed by atoms with Crippen molar-refractivity contribution in [3.63, 3.8) is 0 Å². The summed E-state index contributed by atoms with van der Waals surface area (Å²) in [6, 6.07) is 8.82. The van der Waals surface area contributed by atoms with E-state index in [1.54, 1.807) is 0 Å². The van der Waals surface area contributed by atoms with Crippen molar-refractivity contribution in [2.24, 2.45) is 0 Å². The highest BCUT2D eigenvalue weighted by Crippen LogP contribution is 2.31. The number of rotatable bonds is 4. The van der Waals surface area contributed by atoms with Crippen molar-refractivity contribution in [1.82, 2.24) is 14.9 Å². The number of carbonyl (C=O) groups excluding carboxylic acids is 1. The van der Waals surface area contributed by atoms with Gasteiger partial charge in [-0.2, -0.15) is 0 Å². The Morgan fingerprint density at radius 2 is 1.83 bits per heavy atom. The molecule has 0 spiro atoms. The van der Waals surface area contributed by atoms with Crippen LogP contribution in [0.3, 0.4) is 0 Å². The van der Waals surface area contributed by atoms with Gasteiger partial charge in [-0.15, -0.1) is 0 Å². The van der Waals surface area contributed by atoms with Crippen LogP contribution in [0.5, 0.6) is 0 Å². The molecule has 1 saturated heterocycles. The summed E-state index contributed by atoms with van der Waals surface area (Å²) in [5, 5.41) is 4.57. The predicted octanol–water partition coefficient (Wildman–Crippen LogP) is 5.03. The first kappa shape index (κ1) is 19.5. The number of hydrogen-bond acceptors (Lipinski definition) is 3. The Kier molecular flexibility index (Phi) is 4.85. The number of likely N-dealkylation sites (tertiary alicyclic amines) is 1. The highest BCUT2D eigenvalue weighted by atomic mass is 16.2. The third-order valence-corrected chi connectivity index (χ3v) is 6.46. The molecule has 3 aromatic rings. The summed E-state index contributed by atoms with van der Waals surface area (Å²) in [6.45, 7) is 13.3. The van der Waals surface area contributed by atoms with Crippen molar-refractivity contribution in [2.75, 3.05) is 5.32 Å². The maximum absolute atomic E-state index is 13.2. The van der Waals surface area contributed by atoms with E-state index >= 15 is 0 Å². The lowest BCUT2D eigenvalue weighted by atomic mass is 9.95. The molecule has 1 amide bonds. The lowest BCUT2D eigenvalue weighted by molar-refractivity contribution is 0.0261. The first-order chi connectivity index (χ1) is 13.8. The van der Waals surface area contributed by atoms with Crippen LogP contribution >= 0.6 is 0 Å². The number of aromatic amines is 1. The average Bonchev–Trinajstić information content (AvgIpc) is 2.95. The van der Waals surface area contributed by atoms with E-state index in [4.69, 9.17) is 4.98 Å². The molecule has 1 fully saturated rings. The van der Waals surface area contributed by atoms with Crippen molar-refractivity contribution >= 4 is 22.6 Å². The number of benzene rings is 1. The van der Waals surface area contributed by atoms with E-state index in [1.807, 2.05) is 11.0 Å². The van der Waals surface area contributed by atoms with Gasteiger partial charge in [-0.3, -0.25) is 4.79 Å². The fraction of sp³-hybridized carbons (Fsp3) is 0.417. The number of aryl methyl sites for hydroxylation is 4. The first-order valence-electron chi connectivity index (χ1n) is 10.4. The minimum Gasteiger partial charge on any atom is -0.364 e. The van der Waals surface area contributed by atoms with Gasteiger partial charge in [0.15, 0.2) is 5.82 Å². The number of carbonyl (C=O) groups is 1. The summed E-state index contributed by atoms with van der Waals surface area (Å²) in [5.74, 6) is 0.761. The normalized spacial score (nSPS) is 18.8. The number of fused-ring (bicyclic) bond motifs is 1. The molecule has 2 N–H and O–H groups in total. The van der Waals surface area contributed by atoms with Gasteiger partial charge in [-0.05, 0) is 76.3 Å². The van der Waals surface area contributed by atoms with Crippen molar-refractivity contribution in [1.29, 1.82) is 0 Å². The summed E-state index contributed by atoms with van der Waals surface area (Å²) in [6.07, 6.45) is 1.05. The zero-order valence-corrected chi connectivity index (χ0v) is 18.2. The molecule has 2 atom stereocenters. The van der Waals surface area contributed by atoms with Crippen LogP contribution in [-0.4, -0.2) is 32.9 Å². The molecule has 152 valence electrons. The smallest absolute Gasteiger partial charge is 0.273 e. The number of H-pyrrole nitrogens is 1. The average molecular weight is 391 g/mol. The van der Waals surface area contributed by atoms with Gasteiger partial charge in [-0.25, -0.2) is 4.98 Å². The van der Waals surface area contributed by atoms with Crippen LogP contribution in [0.15, 0.2) is 24.3 Å². The van der Waals surface area contributed by atoms with Crippen LogP contribution in [0, 0.1) is 27.7 Å². The molecular weight excluding hydrogens is 360 g/mol. The summed E-state index contributed by atoms with van der Waals surface area (Å²) in [5.41, 5.74) is 7.52. The van der Waals surface area contributed by atoms with E-state index in [0.29, 0.717) is 12.2 Å². The number of hydrogen-bond donors (Lipinski definition) is 2. The minimum atomic E-state index is 0.0199. The minimum absolute atomic E-state index is 0.0199. The Morgan fingerprint density at radius 1 is 1.17 bits per heavy atom. The Hall–Kier alpha value is -2.82. The maximum atomic E-state index is 13.2. The Morgan fingerprint density at radius 3 is 2.45 bits per heavy atom. The van der Waals surface area contributed by atoms with E-state index < -0.39 is 0 Å². The second-order valence-corrected chi connectivity index (χ2v) is 8.52. The van der Waals surface area contributed by atoms with Gasteiger partial charge in [0.05, 0.1) is 5.52 Å². The van der Waals surface area contributed by atoms with Gasteiger partial charge in [0, 0.05) is 29.7 Å². The molecule has 2 aromatic heterocycles. The van der Waals surface area contributed by atoms with Gasteiger partial charge in [0.1, 0.15) is 5.69 Å². The van der Waals surface area contributed by atoms with Crippen LogP contribution < -0.4 is 5.32 Å². The second kappa shape index (κ2) is 7.21. The Bertz CT molecular complexity index is 1070. The molecule has 0 radical (unpaired) electrons. The van der Waals surface area contributed by atoms with Crippen LogP contribution in [0.1, 0.15) is 58.7 Å². The van der Waals surface area contributed by atoms with Gasteiger partial charge in [0.25, 0.3) is 5.91 Å². The molecule has 1 aliphatic rings. The highest BCUT2D eigenvalue weighted by molar-refractivity contribution is 6.01. The third-order valence-electron chi connectivity index (χ3n) is 6.46. The lowest BCUT2D eigenvalue weighted by Crippen LogP contribution is -2.55. The molecule has 1 aromatic carbocycles. The van der Waals surface area contributed by atoms with Crippen molar-refractivity contribution in [3.8, 4) is 0 Å². The second-order valence-electron chi connectivity index (χ2n) is 8.52. The molecule has 0 bridgehead atoms. The van der Waals surface area contributed by atoms with Crippen LogP contribution in [0.2, 0.25) is 0 Å². The Balaban J connectivity index is 1.74. The molecule has 1 aliphatic heterocycles. The van der Waals surface area contributed by atoms with Gasteiger partial charge in [0.2, 0.25) is 0 Å². The van der Waals surface area contributed by atoms with E-state index in [0.717, 1.165) is 34.4 Å².